The van der Waals surface area contributed by atoms with Crippen LogP contribution in [0.25, 0.3) is 0 Å². The molecule has 0 atom stereocenters. The number of rotatable bonds is 5. The number of benzene rings is 1. The maximum atomic E-state index is 11.9. The molecule has 1 aromatic rings. The molecular formula is C19H27IN6O. The van der Waals surface area contributed by atoms with Gasteiger partial charge in [-0.25, -0.2) is 0 Å². The lowest BCUT2D eigenvalue weighted by molar-refractivity contribution is -0.122. The van der Waals surface area contributed by atoms with Crippen LogP contribution in [-0.2, 0) is 11.3 Å². The van der Waals surface area contributed by atoms with Crippen molar-refractivity contribution in [1.82, 2.24) is 20.4 Å². The van der Waals surface area contributed by atoms with E-state index in [1.807, 2.05) is 18.2 Å². The van der Waals surface area contributed by atoms with Crippen molar-refractivity contribution in [2.75, 3.05) is 39.8 Å². The number of hydrogen-bond donors (Lipinski definition) is 2. The van der Waals surface area contributed by atoms with Crippen molar-refractivity contribution >= 4 is 35.8 Å². The van der Waals surface area contributed by atoms with E-state index in [1.54, 1.807) is 13.1 Å². The van der Waals surface area contributed by atoms with Crippen molar-refractivity contribution < 1.29 is 4.79 Å². The zero-order valence-electron chi connectivity index (χ0n) is 15.6. The van der Waals surface area contributed by atoms with Crippen molar-refractivity contribution in [1.29, 1.82) is 5.26 Å². The minimum atomic E-state index is 0. The summed E-state index contributed by atoms with van der Waals surface area (Å²) in [6.45, 7) is 4.50. The first kappa shape index (κ1) is 21.4. The lowest BCUT2D eigenvalue weighted by Gasteiger charge is -2.36. The molecule has 1 aliphatic carbocycles. The summed E-state index contributed by atoms with van der Waals surface area (Å²) >= 11 is 0. The van der Waals surface area contributed by atoms with Gasteiger partial charge in [0.05, 0.1) is 18.2 Å². The maximum Gasteiger partial charge on any atom is 0.234 e. The summed E-state index contributed by atoms with van der Waals surface area (Å²) < 4.78 is 0. The third-order valence-electron chi connectivity index (χ3n) is 4.70. The van der Waals surface area contributed by atoms with Gasteiger partial charge >= 0.3 is 0 Å². The average Bonchev–Trinajstić information content (AvgIpc) is 3.47. The Hall–Kier alpha value is -1.86. The van der Waals surface area contributed by atoms with E-state index >= 15 is 0 Å². The molecule has 8 heteroatoms. The van der Waals surface area contributed by atoms with Crippen LogP contribution >= 0.6 is 24.0 Å². The Morgan fingerprint density at radius 2 is 2.04 bits per heavy atom. The third-order valence-corrected chi connectivity index (χ3v) is 4.70. The number of aliphatic imine (C=N–C) groups is 1. The molecular weight excluding hydrogens is 455 g/mol. The van der Waals surface area contributed by atoms with Crippen LogP contribution in [0.4, 0.5) is 0 Å². The lowest BCUT2D eigenvalue weighted by Crippen LogP contribution is -2.54. The van der Waals surface area contributed by atoms with Crippen LogP contribution in [0, 0.1) is 11.3 Å². The van der Waals surface area contributed by atoms with Gasteiger partial charge in [-0.1, -0.05) is 12.1 Å². The van der Waals surface area contributed by atoms with Crippen molar-refractivity contribution in [3.05, 3.63) is 35.4 Å². The van der Waals surface area contributed by atoms with Crippen molar-refractivity contribution in [2.24, 2.45) is 4.99 Å². The molecule has 146 valence electrons. The molecule has 0 spiro atoms. The molecule has 1 heterocycles. The number of carbonyl (C=O) groups excluding carboxylic acids is 1. The highest BCUT2D eigenvalue weighted by Crippen LogP contribution is 2.18. The molecule has 1 amide bonds. The van der Waals surface area contributed by atoms with Crippen LogP contribution in [0.5, 0.6) is 0 Å². The molecule has 1 saturated heterocycles. The molecule has 0 unspecified atom stereocenters. The Labute approximate surface area is 177 Å². The summed E-state index contributed by atoms with van der Waals surface area (Å²) in [4.78, 5) is 20.7. The zero-order chi connectivity index (χ0) is 18.4. The fraction of sp³-hybridized carbons (Fsp3) is 0.526. The quantitative estimate of drug-likeness (QED) is 0.374. The predicted molar refractivity (Wildman–Crippen MR) is 116 cm³/mol. The van der Waals surface area contributed by atoms with Gasteiger partial charge in [-0.3, -0.25) is 14.7 Å². The number of halogens is 1. The van der Waals surface area contributed by atoms with E-state index in [-0.39, 0.29) is 29.9 Å². The fourth-order valence-corrected chi connectivity index (χ4v) is 3.09. The molecule has 0 aromatic heterocycles. The highest BCUT2D eigenvalue weighted by Gasteiger charge is 2.25. The number of piperazine rings is 1. The Morgan fingerprint density at radius 1 is 1.30 bits per heavy atom. The first-order valence-electron chi connectivity index (χ1n) is 9.14. The highest BCUT2D eigenvalue weighted by molar-refractivity contribution is 14.0. The Morgan fingerprint density at radius 3 is 2.67 bits per heavy atom. The summed E-state index contributed by atoms with van der Waals surface area (Å²) in [5.74, 6) is 0.996. The predicted octanol–water partition coefficient (Wildman–Crippen LogP) is 1.15. The maximum absolute atomic E-state index is 11.9. The minimum absolute atomic E-state index is 0. The van der Waals surface area contributed by atoms with E-state index in [4.69, 9.17) is 5.26 Å². The van der Waals surface area contributed by atoms with Crippen LogP contribution in [0.2, 0.25) is 0 Å². The fourth-order valence-electron chi connectivity index (χ4n) is 3.09. The van der Waals surface area contributed by atoms with Crippen LogP contribution in [0.3, 0.4) is 0 Å². The SMILES string of the molecule is CN=C(NCc1cccc(C#N)c1)N1CCN(CC(=O)NC2CC2)CC1.I. The second-order valence-electron chi connectivity index (χ2n) is 6.82. The monoisotopic (exact) mass is 482 g/mol. The van der Waals surface area contributed by atoms with Gasteiger partial charge in [-0.15, -0.1) is 24.0 Å². The normalized spacial score (nSPS) is 17.6. The first-order valence-corrected chi connectivity index (χ1v) is 9.14. The average molecular weight is 482 g/mol. The number of amides is 1. The van der Waals surface area contributed by atoms with E-state index in [0.29, 0.717) is 24.7 Å². The summed E-state index contributed by atoms with van der Waals surface area (Å²) in [6.07, 6.45) is 2.25. The zero-order valence-corrected chi connectivity index (χ0v) is 18.0. The van der Waals surface area contributed by atoms with Crippen LogP contribution in [-0.4, -0.2) is 67.5 Å². The second kappa shape index (κ2) is 10.5. The molecule has 2 N–H and O–H groups in total. The van der Waals surface area contributed by atoms with Crippen molar-refractivity contribution in [3.63, 3.8) is 0 Å². The number of hydrogen-bond acceptors (Lipinski definition) is 4. The molecule has 7 nitrogen and oxygen atoms in total. The molecule has 0 radical (unpaired) electrons. The molecule has 2 fully saturated rings. The largest absolute Gasteiger partial charge is 0.352 e. The topological polar surface area (TPSA) is 83.8 Å². The standard InChI is InChI=1S/C19H26N6O.HI/c1-21-19(22-13-16-4-2-3-15(11-16)12-20)25-9-7-24(8-10-25)14-18(26)23-17-5-6-17;/h2-4,11,17H,5-10,13-14H2,1H3,(H,21,22)(H,23,26);1H. The number of carbonyl (C=O) groups is 1. The highest BCUT2D eigenvalue weighted by atomic mass is 127. The van der Waals surface area contributed by atoms with E-state index in [2.05, 4.69) is 31.5 Å². The molecule has 3 rings (SSSR count). The number of guanidine groups is 1. The molecule has 1 saturated carbocycles. The van der Waals surface area contributed by atoms with E-state index in [9.17, 15) is 4.79 Å². The van der Waals surface area contributed by atoms with Crippen LogP contribution in [0.1, 0.15) is 24.0 Å². The third kappa shape index (κ3) is 6.66. The molecule has 1 aliphatic heterocycles. The van der Waals surface area contributed by atoms with Gasteiger partial charge in [-0.2, -0.15) is 5.26 Å². The Balaban J connectivity index is 0.00000261. The summed E-state index contributed by atoms with van der Waals surface area (Å²) in [6, 6.07) is 10.2. The van der Waals surface area contributed by atoms with Crippen molar-refractivity contribution in [3.8, 4) is 6.07 Å². The summed E-state index contributed by atoms with van der Waals surface area (Å²) in [5, 5.41) is 15.4. The molecule has 2 aliphatic rings. The number of nitrogens with one attached hydrogen (secondary N) is 2. The van der Waals surface area contributed by atoms with E-state index in [0.717, 1.165) is 50.5 Å². The lowest BCUT2D eigenvalue weighted by atomic mass is 10.1. The molecule has 0 bridgehead atoms. The smallest absolute Gasteiger partial charge is 0.234 e. The van der Waals surface area contributed by atoms with Gasteiger partial charge in [-0.05, 0) is 30.5 Å². The Kier molecular flexibility index (Phi) is 8.31. The number of nitriles is 1. The van der Waals surface area contributed by atoms with Gasteiger partial charge in [0.2, 0.25) is 5.91 Å². The van der Waals surface area contributed by atoms with Gasteiger partial charge in [0.25, 0.3) is 0 Å². The molecule has 1 aromatic carbocycles. The van der Waals surface area contributed by atoms with Gasteiger partial charge < -0.3 is 15.5 Å². The Bertz CT molecular complexity index is 704. The van der Waals surface area contributed by atoms with Crippen LogP contribution < -0.4 is 10.6 Å². The van der Waals surface area contributed by atoms with Gasteiger partial charge in [0.1, 0.15) is 0 Å². The summed E-state index contributed by atoms with van der Waals surface area (Å²) in [7, 11) is 1.78. The van der Waals surface area contributed by atoms with Gasteiger partial charge in [0.15, 0.2) is 5.96 Å². The van der Waals surface area contributed by atoms with Crippen molar-refractivity contribution in [2.45, 2.75) is 25.4 Å². The van der Waals surface area contributed by atoms with Crippen LogP contribution in [0.15, 0.2) is 29.3 Å². The summed E-state index contributed by atoms with van der Waals surface area (Å²) in [5.41, 5.74) is 1.72. The first-order chi connectivity index (χ1) is 12.7. The minimum Gasteiger partial charge on any atom is -0.352 e. The van der Waals surface area contributed by atoms with E-state index < -0.39 is 0 Å². The van der Waals surface area contributed by atoms with Gasteiger partial charge in [0, 0.05) is 45.8 Å². The second-order valence-corrected chi connectivity index (χ2v) is 6.82. The molecule has 27 heavy (non-hydrogen) atoms. The number of nitrogens with zero attached hydrogens (tertiary/aromatic N) is 4. The van der Waals surface area contributed by atoms with E-state index in [1.165, 1.54) is 0 Å².